The third kappa shape index (κ3) is 4.91. The Morgan fingerprint density at radius 3 is 2.78 bits per heavy atom. The molecule has 0 aromatic heterocycles. The van der Waals surface area contributed by atoms with Gasteiger partial charge in [-0.25, -0.2) is 0 Å². The quantitative estimate of drug-likeness (QED) is 0.781. The Bertz CT molecular complexity index is 770. The van der Waals surface area contributed by atoms with Crippen LogP contribution >= 0.6 is 11.6 Å². The number of para-hydroxylation sites is 1. The van der Waals surface area contributed by atoms with Crippen molar-refractivity contribution >= 4 is 17.6 Å². The topological polar surface area (TPSA) is 68.2 Å². The molecule has 6 nitrogen and oxygen atoms in total. The molecule has 1 fully saturated rings. The molecule has 0 saturated carbocycles. The van der Waals surface area contributed by atoms with Crippen LogP contribution in [0, 0.1) is 0 Å². The van der Waals surface area contributed by atoms with E-state index in [0.29, 0.717) is 36.2 Å². The van der Waals surface area contributed by atoms with Gasteiger partial charge in [0.05, 0.1) is 25.3 Å². The second kappa shape index (κ2) is 9.08. The van der Waals surface area contributed by atoms with Crippen molar-refractivity contribution in [3.8, 4) is 11.5 Å². The van der Waals surface area contributed by atoms with E-state index in [4.69, 9.17) is 30.9 Å². The van der Waals surface area contributed by atoms with Gasteiger partial charge in [-0.1, -0.05) is 48.0 Å². The summed E-state index contributed by atoms with van der Waals surface area (Å²) in [5, 5.41) is 9.55. The molecule has 3 rings (SSSR count). The SMILES string of the molecule is COc1c(Cl)cccc1O[C@H](c1ccccc1)[C@H]1CN(CC(=O)O)CCO1. The fourth-order valence-electron chi connectivity index (χ4n) is 3.17. The number of methoxy groups -OCH3 is 1. The van der Waals surface area contributed by atoms with Crippen molar-refractivity contribution in [2.45, 2.75) is 12.2 Å². The smallest absolute Gasteiger partial charge is 0.317 e. The van der Waals surface area contributed by atoms with Crippen LogP contribution in [-0.4, -0.2) is 55.4 Å². The predicted molar refractivity (Wildman–Crippen MR) is 102 cm³/mol. The first-order valence-electron chi connectivity index (χ1n) is 8.68. The monoisotopic (exact) mass is 391 g/mol. The lowest BCUT2D eigenvalue weighted by atomic mass is 10.0. The molecule has 1 aliphatic heterocycles. The van der Waals surface area contributed by atoms with Gasteiger partial charge in [0, 0.05) is 13.1 Å². The Kier molecular flexibility index (Phi) is 6.55. The number of ether oxygens (including phenoxy) is 3. The fraction of sp³-hybridized carbons (Fsp3) is 0.350. The minimum absolute atomic E-state index is 0.0259. The highest BCUT2D eigenvalue weighted by atomic mass is 35.5. The maximum atomic E-state index is 11.1. The van der Waals surface area contributed by atoms with E-state index in [2.05, 4.69) is 0 Å². The van der Waals surface area contributed by atoms with Gasteiger partial charge in [0.1, 0.15) is 6.10 Å². The minimum atomic E-state index is -0.857. The molecule has 0 aliphatic carbocycles. The van der Waals surface area contributed by atoms with E-state index in [1.807, 2.05) is 35.2 Å². The lowest BCUT2D eigenvalue weighted by molar-refractivity contribution is -0.141. The van der Waals surface area contributed by atoms with Crippen LogP contribution < -0.4 is 9.47 Å². The van der Waals surface area contributed by atoms with Gasteiger partial charge in [0.25, 0.3) is 0 Å². The summed E-state index contributed by atoms with van der Waals surface area (Å²) in [4.78, 5) is 12.9. The van der Waals surface area contributed by atoms with E-state index in [9.17, 15) is 4.79 Å². The molecular formula is C20H22ClNO5. The highest BCUT2D eigenvalue weighted by Crippen LogP contribution is 2.38. The van der Waals surface area contributed by atoms with Crippen LogP contribution in [0.5, 0.6) is 11.5 Å². The van der Waals surface area contributed by atoms with Crippen LogP contribution in [0.25, 0.3) is 0 Å². The number of morpholine rings is 1. The molecule has 0 amide bonds. The largest absolute Gasteiger partial charge is 0.491 e. The van der Waals surface area contributed by atoms with Crippen LogP contribution in [0.3, 0.4) is 0 Å². The summed E-state index contributed by atoms with van der Waals surface area (Å²) in [6.45, 7) is 1.44. The van der Waals surface area contributed by atoms with E-state index >= 15 is 0 Å². The van der Waals surface area contributed by atoms with Gasteiger partial charge >= 0.3 is 5.97 Å². The Labute approximate surface area is 163 Å². The zero-order chi connectivity index (χ0) is 19.2. The third-order valence-corrected chi connectivity index (χ3v) is 4.69. The molecule has 1 heterocycles. The molecule has 2 aromatic carbocycles. The molecule has 7 heteroatoms. The number of benzene rings is 2. The maximum Gasteiger partial charge on any atom is 0.317 e. The van der Waals surface area contributed by atoms with Crippen LogP contribution in [0.1, 0.15) is 11.7 Å². The predicted octanol–water partition coefficient (Wildman–Crippen LogP) is 3.25. The first-order valence-corrected chi connectivity index (χ1v) is 9.06. The average Bonchev–Trinajstić information content (AvgIpc) is 2.66. The van der Waals surface area contributed by atoms with Gasteiger partial charge in [0.2, 0.25) is 0 Å². The van der Waals surface area contributed by atoms with Gasteiger partial charge in [-0.2, -0.15) is 0 Å². The Morgan fingerprint density at radius 2 is 2.07 bits per heavy atom. The highest BCUT2D eigenvalue weighted by molar-refractivity contribution is 6.32. The van der Waals surface area contributed by atoms with E-state index in [1.165, 1.54) is 7.11 Å². The Hall–Kier alpha value is -2.28. The fourth-order valence-corrected chi connectivity index (χ4v) is 3.41. The number of carboxylic acid groups (broad SMARTS) is 1. The lowest BCUT2D eigenvalue weighted by Crippen LogP contribution is -2.47. The normalized spacial score (nSPS) is 18.7. The summed E-state index contributed by atoms with van der Waals surface area (Å²) in [5.74, 6) is 0.112. The molecule has 0 bridgehead atoms. The first kappa shape index (κ1) is 19.5. The summed E-state index contributed by atoms with van der Waals surface area (Å²) >= 11 is 6.22. The van der Waals surface area contributed by atoms with Crippen molar-refractivity contribution in [1.82, 2.24) is 4.90 Å². The van der Waals surface area contributed by atoms with E-state index < -0.39 is 12.1 Å². The number of carboxylic acids is 1. The first-order chi connectivity index (χ1) is 13.1. The molecule has 0 radical (unpaired) electrons. The Morgan fingerprint density at radius 1 is 1.30 bits per heavy atom. The standard InChI is InChI=1S/C20H22ClNO5/c1-25-20-15(21)8-5-9-16(20)27-19(14-6-3-2-4-7-14)17-12-22(10-11-26-17)13-18(23)24/h2-9,17,19H,10-13H2,1H3,(H,23,24)/t17-,19-/m1/s1. The Balaban J connectivity index is 1.88. The van der Waals surface area contributed by atoms with Crippen LogP contribution in [0.2, 0.25) is 5.02 Å². The van der Waals surface area contributed by atoms with Crippen LogP contribution in [-0.2, 0) is 9.53 Å². The number of aliphatic carboxylic acids is 1. The highest BCUT2D eigenvalue weighted by Gasteiger charge is 2.32. The molecule has 2 aromatic rings. The van der Waals surface area contributed by atoms with Crippen molar-refractivity contribution in [2.24, 2.45) is 0 Å². The number of nitrogens with zero attached hydrogens (tertiary/aromatic N) is 1. The molecule has 1 saturated heterocycles. The number of hydrogen-bond donors (Lipinski definition) is 1. The average molecular weight is 392 g/mol. The molecule has 1 N–H and O–H groups in total. The molecule has 0 unspecified atom stereocenters. The van der Waals surface area contributed by atoms with Gasteiger partial charge in [-0.05, 0) is 17.7 Å². The van der Waals surface area contributed by atoms with Gasteiger partial charge < -0.3 is 19.3 Å². The number of halogens is 1. The number of hydrogen-bond acceptors (Lipinski definition) is 5. The summed E-state index contributed by atoms with van der Waals surface area (Å²) < 4.78 is 17.6. The van der Waals surface area contributed by atoms with Crippen LogP contribution in [0.15, 0.2) is 48.5 Å². The molecule has 144 valence electrons. The summed E-state index contributed by atoms with van der Waals surface area (Å²) in [5.41, 5.74) is 0.932. The molecule has 2 atom stereocenters. The molecule has 1 aliphatic rings. The van der Waals surface area contributed by atoms with E-state index in [-0.39, 0.29) is 12.6 Å². The van der Waals surface area contributed by atoms with Crippen molar-refractivity contribution < 1.29 is 24.1 Å². The van der Waals surface area contributed by atoms with Gasteiger partial charge in [0.15, 0.2) is 17.6 Å². The second-order valence-corrected chi connectivity index (χ2v) is 6.67. The molecule has 27 heavy (non-hydrogen) atoms. The zero-order valence-electron chi connectivity index (χ0n) is 15.0. The third-order valence-electron chi connectivity index (χ3n) is 4.39. The lowest BCUT2D eigenvalue weighted by Gasteiger charge is -2.36. The zero-order valence-corrected chi connectivity index (χ0v) is 15.8. The van der Waals surface area contributed by atoms with Gasteiger partial charge in [-0.15, -0.1) is 0 Å². The number of rotatable bonds is 7. The van der Waals surface area contributed by atoms with E-state index in [1.54, 1.807) is 18.2 Å². The summed E-state index contributed by atoms with van der Waals surface area (Å²) in [7, 11) is 1.54. The van der Waals surface area contributed by atoms with Crippen molar-refractivity contribution in [2.75, 3.05) is 33.4 Å². The summed E-state index contributed by atoms with van der Waals surface area (Å²) in [6.07, 6.45) is -0.764. The van der Waals surface area contributed by atoms with Crippen molar-refractivity contribution in [3.05, 3.63) is 59.1 Å². The molecular weight excluding hydrogens is 370 g/mol. The van der Waals surface area contributed by atoms with Crippen LogP contribution in [0.4, 0.5) is 0 Å². The van der Waals surface area contributed by atoms with Crippen molar-refractivity contribution in [3.63, 3.8) is 0 Å². The molecule has 0 spiro atoms. The van der Waals surface area contributed by atoms with Crippen molar-refractivity contribution in [1.29, 1.82) is 0 Å². The van der Waals surface area contributed by atoms with Gasteiger partial charge in [-0.3, -0.25) is 9.69 Å². The summed E-state index contributed by atoms with van der Waals surface area (Å²) in [6, 6.07) is 15.0. The minimum Gasteiger partial charge on any atom is -0.491 e. The second-order valence-electron chi connectivity index (χ2n) is 6.26. The maximum absolute atomic E-state index is 11.1. The van der Waals surface area contributed by atoms with E-state index in [0.717, 1.165) is 5.56 Å². The number of carbonyl (C=O) groups is 1.